The van der Waals surface area contributed by atoms with E-state index in [0.717, 1.165) is 24.5 Å². The van der Waals surface area contributed by atoms with Gasteiger partial charge in [0.2, 0.25) is 5.91 Å². The van der Waals surface area contributed by atoms with Crippen LogP contribution >= 0.6 is 0 Å². The van der Waals surface area contributed by atoms with Crippen molar-refractivity contribution >= 4 is 11.6 Å². The summed E-state index contributed by atoms with van der Waals surface area (Å²) in [4.78, 5) is 11.6. The Morgan fingerprint density at radius 3 is 2.25 bits per heavy atom. The van der Waals surface area contributed by atoms with Crippen LogP contribution in [0.4, 0.5) is 10.1 Å². The van der Waals surface area contributed by atoms with E-state index in [1.165, 1.54) is 25.0 Å². The molecule has 0 unspecified atom stereocenters. The number of benzene rings is 2. The number of carbonyl (C=O) groups excluding carboxylic acids is 1. The first-order valence-electron chi connectivity index (χ1n) is 8.12. The summed E-state index contributed by atoms with van der Waals surface area (Å²) in [5.74, 6) is -0.396. The van der Waals surface area contributed by atoms with E-state index >= 15 is 0 Å². The van der Waals surface area contributed by atoms with Crippen molar-refractivity contribution in [3.63, 3.8) is 0 Å². The molecular formula is C19H23FN2O2. The zero-order valence-electron chi connectivity index (χ0n) is 13.6. The molecule has 5 heteroatoms. The minimum Gasteiger partial charge on any atom is -0.381 e. The summed E-state index contributed by atoms with van der Waals surface area (Å²) in [6, 6.07) is 15.6. The number of rotatable bonds is 5. The van der Waals surface area contributed by atoms with Gasteiger partial charge in [-0.2, -0.15) is 0 Å². The predicted octanol–water partition coefficient (Wildman–Crippen LogP) is 3.35. The Hall–Kier alpha value is -2.40. The van der Waals surface area contributed by atoms with Gasteiger partial charge in [-0.3, -0.25) is 4.79 Å². The minimum absolute atomic E-state index is 0.104. The predicted molar refractivity (Wildman–Crippen MR) is 93.2 cm³/mol. The molecule has 0 radical (unpaired) electrons. The van der Waals surface area contributed by atoms with Crippen LogP contribution in [0.2, 0.25) is 0 Å². The Labute approximate surface area is 142 Å². The first-order valence-corrected chi connectivity index (χ1v) is 8.12. The van der Waals surface area contributed by atoms with Gasteiger partial charge in [-0.15, -0.1) is 0 Å². The lowest BCUT2D eigenvalue weighted by Gasteiger charge is -2.07. The van der Waals surface area contributed by atoms with Crippen LogP contribution < -0.4 is 10.6 Å². The number of anilines is 1. The third-order valence-corrected chi connectivity index (χ3v) is 3.46. The maximum Gasteiger partial charge on any atom is 0.239 e. The van der Waals surface area contributed by atoms with Gasteiger partial charge < -0.3 is 15.4 Å². The molecule has 0 spiro atoms. The van der Waals surface area contributed by atoms with E-state index < -0.39 is 0 Å². The van der Waals surface area contributed by atoms with Crippen molar-refractivity contribution in [1.82, 2.24) is 5.32 Å². The van der Waals surface area contributed by atoms with Crippen LogP contribution in [0, 0.1) is 5.82 Å². The summed E-state index contributed by atoms with van der Waals surface area (Å²) in [7, 11) is 0. The van der Waals surface area contributed by atoms with Gasteiger partial charge in [0.25, 0.3) is 0 Å². The molecular weight excluding hydrogens is 307 g/mol. The molecule has 0 aromatic heterocycles. The molecule has 2 aromatic rings. The highest BCUT2D eigenvalue weighted by molar-refractivity contribution is 5.80. The lowest BCUT2D eigenvalue weighted by Crippen LogP contribution is -2.29. The van der Waals surface area contributed by atoms with E-state index in [9.17, 15) is 9.18 Å². The molecule has 24 heavy (non-hydrogen) atoms. The molecule has 0 aliphatic carbocycles. The molecule has 3 rings (SSSR count). The van der Waals surface area contributed by atoms with E-state index in [0.29, 0.717) is 6.54 Å². The van der Waals surface area contributed by atoms with Crippen molar-refractivity contribution in [2.45, 2.75) is 19.4 Å². The van der Waals surface area contributed by atoms with Crippen LogP contribution in [0.15, 0.2) is 54.6 Å². The second kappa shape index (κ2) is 10.4. The highest BCUT2D eigenvalue weighted by Gasteiger charge is 2.01. The van der Waals surface area contributed by atoms with Crippen molar-refractivity contribution in [2.75, 3.05) is 25.1 Å². The molecule has 1 heterocycles. The topological polar surface area (TPSA) is 50.4 Å². The van der Waals surface area contributed by atoms with E-state index in [4.69, 9.17) is 4.74 Å². The number of amides is 1. The van der Waals surface area contributed by atoms with Gasteiger partial charge in [-0.25, -0.2) is 4.39 Å². The summed E-state index contributed by atoms with van der Waals surface area (Å²) in [5.41, 5.74) is 1.77. The molecule has 1 saturated heterocycles. The number of hydrogen-bond acceptors (Lipinski definition) is 3. The number of hydrogen-bond donors (Lipinski definition) is 2. The largest absolute Gasteiger partial charge is 0.381 e. The number of halogens is 1. The van der Waals surface area contributed by atoms with Crippen molar-refractivity contribution < 1.29 is 13.9 Å². The molecule has 1 fully saturated rings. The zero-order chi connectivity index (χ0) is 17.0. The standard InChI is InChI=1S/C15H15FN2O.C4H8O/c16-13-6-8-14(9-7-13)17-11-15(19)18-10-12-4-2-1-3-5-12;1-2-4-5-3-1/h1-9,17H,10-11H2,(H,18,19);1-4H2. The molecule has 0 atom stereocenters. The van der Waals surface area contributed by atoms with E-state index in [2.05, 4.69) is 10.6 Å². The summed E-state index contributed by atoms with van der Waals surface area (Å²) in [6.07, 6.45) is 2.56. The smallest absolute Gasteiger partial charge is 0.239 e. The monoisotopic (exact) mass is 330 g/mol. The van der Waals surface area contributed by atoms with Crippen LogP contribution in [0.3, 0.4) is 0 Å². The maximum absolute atomic E-state index is 12.7. The Kier molecular flexibility index (Phi) is 7.77. The quantitative estimate of drug-likeness (QED) is 0.884. The van der Waals surface area contributed by atoms with Gasteiger partial charge in [0.15, 0.2) is 0 Å². The van der Waals surface area contributed by atoms with Gasteiger partial charge >= 0.3 is 0 Å². The second-order valence-electron chi connectivity index (χ2n) is 5.44. The van der Waals surface area contributed by atoms with E-state index in [-0.39, 0.29) is 18.3 Å². The average Bonchev–Trinajstić information content (AvgIpc) is 3.20. The van der Waals surface area contributed by atoms with Crippen LogP contribution in [-0.4, -0.2) is 25.7 Å². The van der Waals surface area contributed by atoms with Crippen LogP contribution in [0.1, 0.15) is 18.4 Å². The second-order valence-corrected chi connectivity index (χ2v) is 5.44. The molecule has 128 valence electrons. The maximum atomic E-state index is 12.7. The fourth-order valence-electron chi connectivity index (χ4n) is 2.12. The Morgan fingerprint density at radius 1 is 1.00 bits per heavy atom. The third kappa shape index (κ3) is 7.24. The molecule has 2 N–H and O–H groups in total. The van der Waals surface area contributed by atoms with E-state index in [1.54, 1.807) is 12.1 Å². The summed E-state index contributed by atoms with van der Waals surface area (Å²) in [5, 5.41) is 5.73. The summed E-state index contributed by atoms with van der Waals surface area (Å²) < 4.78 is 17.6. The molecule has 0 bridgehead atoms. The minimum atomic E-state index is -0.293. The lowest BCUT2D eigenvalue weighted by atomic mass is 10.2. The lowest BCUT2D eigenvalue weighted by molar-refractivity contribution is -0.119. The molecule has 0 saturated carbocycles. The fourth-order valence-corrected chi connectivity index (χ4v) is 2.12. The number of ether oxygens (including phenoxy) is 1. The van der Waals surface area contributed by atoms with Gasteiger partial charge in [-0.05, 0) is 42.7 Å². The summed E-state index contributed by atoms with van der Waals surface area (Å²) >= 11 is 0. The number of carbonyl (C=O) groups is 1. The van der Waals surface area contributed by atoms with Crippen LogP contribution in [0.5, 0.6) is 0 Å². The van der Waals surface area contributed by atoms with Gasteiger partial charge in [0, 0.05) is 25.4 Å². The Morgan fingerprint density at radius 2 is 1.67 bits per heavy atom. The normalized spacial score (nSPS) is 12.9. The fraction of sp³-hybridized carbons (Fsp3) is 0.316. The SMILES string of the molecule is C1CCOC1.O=C(CNc1ccc(F)cc1)NCc1ccccc1. The highest BCUT2D eigenvalue weighted by Crippen LogP contribution is 2.07. The van der Waals surface area contributed by atoms with Crippen molar-refractivity contribution in [2.24, 2.45) is 0 Å². The molecule has 4 nitrogen and oxygen atoms in total. The zero-order valence-corrected chi connectivity index (χ0v) is 13.6. The van der Waals surface area contributed by atoms with Crippen molar-refractivity contribution in [3.05, 3.63) is 66.0 Å². The number of nitrogens with one attached hydrogen (secondary N) is 2. The van der Waals surface area contributed by atoms with Crippen LogP contribution in [-0.2, 0) is 16.1 Å². The van der Waals surface area contributed by atoms with E-state index in [1.807, 2.05) is 30.3 Å². The van der Waals surface area contributed by atoms with Crippen LogP contribution in [0.25, 0.3) is 0 Å². The van der Waals surface area contributed by atoms with Gasteiger partial charge in [0.1, 0.15) is 5.82 Å². The summed E-state index contributed by atoms with van der Waals surface area (Å²) in [6.45, 7) is 2.67. The first kappa shape index (κ1) is 17.9. The Balaban J connectivity index is 0.000000355. The highest BCUT2D eigenvalue weighted by atomic mass is 19.1. The van der Waals surface area contributed by atoms with Crippen molar-refractivity contribution in [1.29, 1.82) is 0 Å². The third-order valence-electron chi connectivity index (χ3n) is 3.46. The van der Waals surface area contributed by atoms with Gasteiger partial charge in [-0.1, -0.05) is 30.3 Å². The average molecular weight is 330 g/mol. The molecule has 1 aliphatic heterocycles. The Bertz CT molecular complexity index is 591. The molecule has 2 aromatic carbocycles. The van der Waals surface area contributed by atoms with Gasteiger partial charge in [0.05, 0.1) is 6.54 Å². The van der Waals surface area contributed by atoms with Crippen molar-refractivity contribution in [3.8, 4) is 0 Å². The first-order chi connectivity index (χ1) is 11.7. The molecule has 1 amide bonds. The molecule has 1 aliphatic rings.